The number of halogens is 1. The number of rotatable bonds is 7. The van der Waals surface area contributed by atoms with Crippen LogP contribution in [0.3, 0.4) is 0 Å². The molecule has 0 fully saturated rings. The highest BCUT2D eigenvalue weighted by molar-refractivity contribution is 7.88. The lowest BCUT2D eigenvalue weighted by atomic mass is 10.2. The Balaban J connectivity index is 2.03. The van der Waals surface area contributed by atoms with Crippen molar-refractivity contribution in [1.82, 2.24) is 4.31 Å². The maximum absolute atomic E-state index is 12.9. The van der Waals surface area contributed by atoms with Crippen LogP contribution in [0.5, 0.6) is 5.75 Å². The largest absolute Gasteiger partial charge is 0.494 e. The number of nitrogens with zero attached hydrogens (tertiary/aromatic N) is 1. The van der Waals surface area contributed by atoms with Gasteiger partial charge in [-0.2, -0.15) is 0 Å². The van der Waals surface area contributed by atoms with Crippen LogP contribution in [0.15, 0.2) is 48.5 Å². The van der Waals surface area contributed by atoms with Gasteiger partial charge in [0.1, 0.15) is 11.6 Å². The summed E-state index contributed by atoms with van der Waals surface area (Å²) in [7, 11) is -1.93. The first kappa shape index (κ1) is 17.4. The fraction of sp³-hybridized carbons (Fsp3) is 0.294. The zero-order chi connectivity index (χ0) is 16.9. The topological polar surface area (TPSA) is 46.6 Å². The number of hydrogen-bond donors (Lipinski definition) is 0. The second kappa shape index (κ2) is 7.57. The van der Waals surface area contributed by atoms with E-state index in [0.717, 1.165) is 11.3 Å². The predicted molar refractivity (Wildman–Crippen MR) is 88.1 cm³/mol. The molecule has 0 bridgehead atoms. The summed E-state index contributed by atoms with van der Waals surface area (Å²) in [6.07, 6.45) is 0. The molecule has 2 aromatic rings. The molecule has 0 saturated heterocycles. The molecule has 0 aromatic heterocycles. The first-order chi connectivity index (χ1) is 10.9. The van der Waals surface area contributed by atoms with Crippen molar-refractivity contribution >= 4 is 10.0 Å². The van der Waals surface area contributed by atoms with Gasteiger partial charge in [0, 0.05) is 13.6 Å². The van der Waals surface area contributed by atoms with Gasteiger partial charge in [0.2, 0.25) is 10.0 Å². The number of hydrogen-bond acceptors (Lipinski definition) is 3. The van der Waals surface area contributed by atoms with E-state index in [-0.39, 0.29) is 18.1 Å². The third-order valence-corrected chi connectivity index (χ3v) is 5.15. The SMILES string of the molecule is CCOc1ccc(CN(C)S(=O)(=O)Cc2ccc(F)cc2)cc1. The molecule has 124 valence electrons. The van der Waals surface area contributed by atoms with Crippen molar-refractivity contribution in [3.63, 3.8) is 0 Å². The zero-order valence-electron chi connectivity index (χ0n) is 13.2. The van der Waals surface area contributed by atoms with Crippen LogP contribution < -0.4 is 4.74 Å². The lowest BCUT2D eigenvalue weighted by Gasteiger charge is -2.17. The summed E-state index contributed by atoms with van der Waals surface area (Å²) in [4.78, 5) is 0. The van der Waals surface area contributed by atoms with E-state index in [0.29, 0.717) is 12.2 Å². The molecule has 6 heteroatoms. The molecule has 0 aliphatic heterocycles. The first-order valence-corrected chi connectivity index (χ1v) is 8.92. The highest BCUT2D eigenvalue weighted by atomic mass is 32.2. The average molecular weight is 337 g/mol. The Morgan fingerprint density at radius 3 is 2.13 bits per heavy atom. The molecule has 4 nitrogen and oxygen atoms in total. The standard InChI is InChI=1S/C17H20FNO3S/c1-3-22-17-10-6-14(7-11-17)12-19(2)23(20,21)13-15-4-8-16(18)9-5-15/h4-11H,3,12-13H2,1-2H3. The van der Waals surface area contributed by atoms with Gasteiger partial charge in [-0.1, -0.05) is 24.3 Å². The van der Waals surface area contributed by atoms with Crippen molar-refractivity contribution in [2.24, 2.45) is 0 Å². The Kier molecular flexibility index (Phi) is 5.74. The van der Waals surface area contributed by atoms with Crippen LogP contribution in [0.2, 0.25) is 0 Å². The van der Waals surface area contributed by atoms with Crippen molar-refractivity contribution in [2.45, 2.75) is 19.2 Å². The highest BCUT2D eigenvalue weighted by Crippen LogP contribution is 2.16. The maximum Gasteiger partial charge on any atom is 0.218 e. The minimum atomic E-state index is -3.47. The molecule has 0 aliphatic carbocycles. The van der Waals surface area contributed by atoms with Crippen LogP contribution in [-0.2, 0) is 22.3 Å². The summed E-state index contributed by atoms with van der Waals surface area (Å²) in [5.41, 5.74) is 1.43. The molecular weight excluding hydrogens is 317 g/mol. The van der Waals surface area contributed by atoms with E-state index in [4.69, 9.17) is 4.74 Å². The number of ether oxygens (including phenoxy) is 1. The average Bonchev–Trinajstić information content (AvgIpc) is 2.51. The second-order valence-corrected chi connectivity index (χ2v) is 7.29. The van der Waals surface area contributed by atoms with E-state index in [9.17, 15) is 12.8 Å². The Labute approximate surface area is 136 Å². The molecule has 0 N–H and O–H groups in total. The smallest absolute Gasteiger partial charge is 0.218 e. The first-order valence-electron chi connectivity index (χ1n) is 7.31. The van der Waals surface area contributed by atoms with Gasteiger partial charge in [-0.25, -0.2) is 17.1 Å². The van der Waals surface area contributed by atoms with Crippen LogP contribution in [0.1, 0.15) is 18.1 Å². The molecule has 0 atom stereocenters. The van der Waals surface area contributed by atoms with Gasteiger partial charge >= 0.3 is 0 Å². The summed E-state index contributed by atoms with van der Waals surface area (Å²) in [6.45, 7) is 2.77. The fourth-order valence-corrected chi connectivity index (χ4v) is 3.29. The van der Waals surface area contributed by atoms with E-state index in [2.05, 4.69) is 0 Å². The van der Waals surface area contributed by atoms with Gasteiger partial charge in [-0.3, -0.25) is 0 Å². The van der Waals surface area contributed by atoms with Gasteiger partial charge in [-0.15, -0.1) is 0 Å². The lowest BCUT2D eigenvalue weighted by molar-refractivity contribution is 0.340. The zero-order valence-corrected chi connectivity index (χ0v) is 14.0. The Morgan fingerprint density at radius 2 is 1.57 bits per heavy atom. The Bertz CT molecular complexity index is 727. The minimum absolute atomic E-state index is 0.152. The Hall–Kier alpha value is -1.92. The highest BCUT2D eigenvalue weighted by Gasteiger charge is 2.18. The molecule has 2 rings (SSSR count). The molecule has 0 aliphatic rings. The molecule has 2 aromatic carbocycles. The van der Waals surface area contributed by atoms with E-state index < -0.39 is 10.0 Å². The molecule has 0 amide bonds. The molecular formula is C17H20FNO3S. The molecule has 0 unspecified atom stereocenters. The van der Waals surface area contributed by atoms with E-state index in [1.165, 1.54) is 35.6 Å². The summed E-state index contributed by atoms with van der Waals surface area (Å²) >= 11 is 0. The summed E-state index contributed by atoms with van der Waals surface area (Å²) < 4.78 is 44.3. The predicted octanol–water partition coefficient (Wildman–Crippen LogP) is 3.19. The van der Waals surface area contributed by atoms with Gasteiger partial charge in [0.25, 0.3) is 0 Å². The molecule has 23 heavy (non-hydrogen) atoms. The molecule has 0 saturated carbocycles. The van der Waals surface area contributed by atoms with Crippen LogP contribution in [0.25, 0.3) is 0 Å². The van der Waals surface area contributed by atoms with Crippen molar-refractivity contribution in [3.05, 3.63) is 65.5 Å². The summed E-state index contributed by atoms with van der Waals surface area (Å²) in [6, 6.07) is 12.8. The second-order valence-electron chi connectivity index (χ2n) is 5.22. The van der Waals surface area contributed by atoms with Gasteiger partial charge in [0.15, 0.2) is 0 Å². The molecule has 0 heterocycles. The minimum Gasteiger partial charge on any atom is -0.494 e. The van der Waals surface area contributed by atoms with E-state index in [1.807, 2.05) is 31.2 Å². The third-order valence-electron chi connectivity index (χ3n) is 3.38. The van der Waals surface area contributed by atoms with E-state index >= 15 is 0 Å². The monoisotopic (exact) mass is 337 g/mol. The van der Waals surface area contributed by atoms with E-state index in [1.54, 1.807) is 0 Å². The molecule has 0 radical (unpaired) electrons. The maximum atomic E-state index is 12.9. The van der Waals surface area contributed by atoms with Crippen molar-refractivity contribution in [3.8, 4) is 5.75 Å². The van der Waals surface area contributed by atoms with Crippen LogP contribution >= 0.6 is 0 Å². The summed E-state index contributed by atoms with van der Waals surface area (Å²) in [5, 5.41) is 0. The third kappa shape index (κ3) is 5.04. The van der Waals surface area contributed by atoms with Crippen molar-refractivity contribution in [1.29, 1.82) is 0 Å². The quantitative estimate of drug-likeness (QED) is 0.779. The van der Waals surface area contributed by atoms with Gasteiger partial charge < -0.3 is 4.74 Å². The van der Waals surface area contributed by atoms with Crippen LogP contribution in [-0.4, -0.2) is 26.4 Å². The summed E-state index contributed by atoms with van der Waals surface area (Å²) in [5.74, 6) is 0.225. The van der Waals surface area contributed by atoms with Crippen LogP contribution in [0.4, 0.5) is 4.39 Å². The van der Waals surface area contributed by atoms with Crippen LogP contribution in [0, 0.1) is 5.82 Å². The fourth-order valence-electron chi connectivity index (χ4n) is 2.11. The van der Waals surface area contributed by atoms with Gasteiger partial charge in [0.05, 0.1) is 12.4 Å². The Morgan fingerprint density at radius 1 is 1.00 bits per heavy atom. The molecule has 0 spiro atoms. The lowest BCUT2D eigenvalue weighted by Crippen LogP contribution is -2.27. The number of benzene rings is 2. The number of sulfonamides is 1. The van der Waals surface area contributed by atoms with Crippen molar-refractivity contribution < 1.29 is 17.5 Å². The van der Waals surface area contributed by atoms with Gasteiger partial charge in [-0.05, 0) is 42.3 Å². The normalized spacial score (nSPS) is 11.7. The van der Waals surface area contributed by atoms with Crippen molar-refractivity contribution in [2.75, 3.05) is 13.7 Å².